The molecule has 0 saturated carbocycles. The van der Waals surface area contributed by atoms with Gasteiger partial charge in [-0.3, -0.25) is 0 Å². The van der Waals surface area contributed by atoms with E-state index < -0.39 is 5.97 Å². The van der Waals surface area contributed by atoms with Crippen LogP contribution < -0.4 is 0 Å². The number of carbonyl (C=O) groups is 1. The van der Waals surface area contributed by atoms with E-state index in [9.17, 15) is 9.59 Å². The number of hydrogen-bond donors (Lipinski definition) is 1. The molecule has 0 atom stereocenters. The molecule has 0 radical (unpaired) electrons. The van der Waals surface area contributed by atoms with Gasteiger partial charge in [-0.2, -0.15) is 0 Å². The van der Waals surface area contributed by atoms with E-state index in [0.29, 0.717) is 0 Å². The first-order valence-corrected chi connectivity index (χ1v) is 3.82. The maximum atomic E-state index is 9.79. The van der Waals surface area contributed by atoms with Crippen LogP contribution in [0.5, 0.6) is 0 Å². The Labute approximate surface area is 82.0 Å². The lowest BCUT2D eigenvalue weighted by molar-refractivity contribution is -0.131. The number of hydrogen-bond acceptors (Lipinski definition) is 2. The Morgan fingerprint density at radius 1 is 1.36 bits per heavy atom. The SMILES string of the molecule is C=CC(=O)O.O=C=Cc1ccccc1. The monoisotopic (exact) mass is 190 g/mol. The van der Waals surface area contributed by atoms with Crippen molar-refractivity contribution in [3.05, 3.63) is 48.6 Å². The van der Waals surface area contributed by atoms with Gasteiger partial charge in [0.2, 0.25) is 0 Å². The average Bonchev–Trinajstić information content (AvgIpc) is 2.21. The summed E-state index contributed by atoms with van der Waals surface area (Å²) < 4.78 is 0. The molecule has 0 saturated heterocycles. The molecule has 0 spiro atoms. The number of carboxylic acid groups (broad SMARTS) is 1. The van der Waals surface area contributed by atoms with Gasteiger partial charge in [-0.15, -0.1) is 0 Å². The van der Waals surface area contributed by atoms with Crippen molar-refractivity contribution in [2.24, 2.45) is 0 Å². The lowest BCUT2D eigenvalue weighted by atomic mass is 10.2. The highest BCUT2D eigenvalue weighted by Gasteiger charge is 1.78. The summed E-state index contributed by atoms with van der Waals surface area (Å²) in [5.74, 6) is 0.728. The van der Waals surface area contributed by atoms with Gasteiger partial charge in [0.25, 0.3) is 0 Å². The summed E-state index contributed by atoms with van der Waals surface area (Å²) in [5, 5.41) is 7.60. The van der Waals surface area contributed by atoms with Crippen LogP contribution in [0.1, 0.15) is 5.56 Å². The van der Waals surface area contributed by atoms with E-state index in [4.69, 9.17) is 5.11 Å². The summed E-state index contributed by atoms with van der Waals surface area (Å²) in [6, 6.07) is 9.37. The predicted molar refractivity (Wildman–Crippen MR) is 54.4 cm³/mol. The summed E-state index contributed by atoms with van der Waals surface area (Å²) in [6.45, 7) is 2.96. The van der Waals surface area contributed by atoms with Crippen LogP contribution >= 0.6 is 0 Å². The number of rotatable bonds is 2. The molecule has 0 fully saturated rings. The summed E-state index contributed by atoms with van der Waals surface area (Å²) in [6.07, 6.45) is 2.24. The fourth-order valence-electron chi connectivity index (χ4n) is 0.617. The Bertz CT molecular complexity index is 335. The maximum absolute atomic E-state index is 9.79. The van der Waals surface area contributed by atoms with Gasteiger partial charge in [-0.1, -0.05) is 36.9 Å². The smallest absolute Gasteiger partial charge is 0.327 e. The second-order valence-electron chi connectivity index (χ2n) is 2.22. The molecular formula is C11H10O3. The zero-order valence-corrected chi connectivity index (χ0v) is 7.51. The van der Waals surface area contributed by atoms with Crippen LogP contribution in [0.2, 0.25) is 0 Å². The van der Waals surface area contributed by atoms with E-state index >= 15 is 0 Å². The summed E-state index contributed by atoms with van der Waals surface area (Å²) >= 11 is 0. The molecule has 0 aliphatic carbocycles. The lowest BCUT2D eigenvalue weighted by Gasteiger charge is -1.83. The van der Waals surface area contributed by atoms with Crippen molar-refractivity contribution >= 4 is 18.0 Å². The van der Waals surface area contributed by atoms with Gasteiger partial charge in [0.15, 0.2) is 0 Å². The van der Waals surface area contributed by atoms with Gasteiger partial charge >= 0.3 is 5.97 Å². The molecule has 1 rings (SSSR count). The second kappa shape index (κ2) is 7.53. The van der Waals surface area contributed by atoms with E-state index in [1.807, 2.05) is 30.3 Å². The van der Waals surface area contributed by atoms with Crippen LogP contribution in [0.3, 0.4) is 0 Å². The fraction of sp³-hybridized carbons (Fsp3) is 0. The van der Waals surface area contributed by atoms with Crippen LogP contribution in [0, 0.1) is 0 Å². The molecule has 3 nitrogen and oxygen atoms in total. The second-order valence-corrected chi connectivity index (χ2v) is 2.22. The lowest BCUT2D eigenvalue weighted by Crippen LogP contribution is -1.82. The largest absolute Gasteiger partial charge is 0.478 e. The third kappa shape index (κ3) is 6.58. The Morgan fingerprint density at radius 3 is 2.21 bits per heavy atom. The van der Waals surface area contributed by atoms with Gasteiger partial charge in [0.1, 0.15) is 5.94 Å². The topological polar surface area (TPSA) is 54.4 Å². The van der Waals surface area contributed by atoms with Crippen LogP contribution in [0.25, 0.3) is 6.08 Å². The van der Waals surface area contributed by atoms with Crippen molar-refractivity contribution in [3.63, 3.8) is 0 Å². The molecule has 0 amide bonds. The predicted octanol–water partition coefficient (Wildman–Crippen LogP) is 1.79. The van der Waals surface area contributed by atoms with Gasteiger partial charge in [-0.25, -0.2) is 9.59 Å². The molecular weight excluding hydrogens is 180 g/mol. The zero-order chi connectivity index (χ0) is 10.8. The molecule has 0 aliphatic heterocycles. The van der Waals surface area contributed by atoms with Gasteiger partial charge < -0.3 is 5.11 Å². The van der Waals surface area contributed by atoms with E-state index in [0.717, 1.165) is 11.6 Å². The van der Waals surface area contributed by atoms with Crippen molar-refractivity contribution in [3.8, 4) is 0 Å². The summed E-state index contributed by atoms with van der Waals surface area (Å²) in [7, 11) is 0. The molecule has 3 heteroatoms. The van der Waals surface area contributed by atoms with Crippen molar-refractivity contribution in [1.82, 2.24) is 0 Å². The third-order valence-electron chi connectivity index (χ3n) is 1.20. The average molecular weight is 190 g/mol. The number of carbonyl (C=O) groups excluding carboxylic acids is 1. The number of aliphatic carboxylic acids is 1. The Hall–Kier alpha value is -2.12. The quantitative estimate of drug-likeness (QED) is 0.571. The van der Waals surface area contributed by atoms with E-state index in [1.165, 1.54) is 6.08 Å². The van der Waals surface area contributed by atoms with Crippen LogP contribution in [-0.4, -0.2) is 17.0 Å². The van der Waals surface area contributed by atoms with Crippen LogP contribution in [0.4, 0.5) is 0 Å². The molecule has 1 aromatic carbocycles. The highest BCUT2D eigenvalue weighted by Crippen LogP contribution is 1.97. The third-order valence-corrected chi connectivity index (χ3v) is 1.20. The highest BCUT2D eigenvalue weighted by atomic mass is 16.4. The molecule has 0 aliphatic rings. The first kappa shape index (κ1) is 11.9. The van der Waals surface area contributed by atoms with E-state index in [1.54, 1.807) is 5.94 Å². The Morgan fingerprint density at radius 2 is 1.86 bits per heavy atom. The minimum Gasteiger partial charge on any atom is -0.478 e. The Kier molecular flexibility index (Phi) is 6.39. The molecule has 0 bridgehead atoms. The molecule has 1 aromatic rings. The minimum atomic E-state index is -0.981. The van der Waals surface area contributed by atoms with Crippen LogP contribution in [0.15, 0.2) is 43.0 Å². The first-order valence-electron chi connectivity index (χ1n) is 3.82. The normalized spacial score (nSPS) is 7.43. The van der Waals surface area contributed by atoms with Crippen LogP contribution in [-0.2, 0) is 9.59 Å². The zero-order valence-electron chi connectivity index (χ0n) is 7.51. The molecule has 0 heterocycles. The minimum absolute atomic E-state index is 0.833. The van der Waals surface area contributed by atoms with Crippen molar-refractivity contribution in [2.75, 3.05) is 0 Å². The number of benzene rings is 1. The molecule has 72 valence electrons. The summed E-state index contributed by atoms with van der Waals surface area (Å²) in [5.41, 5.74) is 0.896. The molecule has 14 heavy (non-hydrogen) atoms. The first-order chi connectivity index (χ1) is 6.70. The van der Waals surface area contributed by atoms with Gasteiger partial charge in [0.05, 0.1) is 0 Å². The maximum Gasteiger partial charge on any atom is 0.327 e. The van der Waals surface area contributed by atoms with Crippen molar-refractivity contribution in [1.29, 1.82) is 0 Å². The highest BCUT2D eigenvalue weighted by molar-refractivity contribution is 5.78. The summed E-state index contributed by atoms with van der Waals surface area (Å²) in [4.78, 5) is 19.0. The molecule has 0 aromatic heterocycles. The Balaban J connectivity index is 0.000000292. The fourth-order valence-corrected chi connectivity index (χ4v) is 0.617. The molecule has 0 unspecified atom stereocenters. The van der Waals surface area contributed by atoms with E-state index in [2.05, 4.69) is 6.58 Å². The van der Waals surface area contributed by atoms with Crippen molar-refractivity contribution < 1.29 is 14.7 Å². The van der Waals surface area contributed by atoms with Gasteiger partial charge in [0, 0.05) is 12.2 Å². The van der Waals surface area contributed by atoms with Gasteiger partial charge in [-0.05, 0) is 5.56 Å². The molecule has 1 N–H and O–H groups in total. The van der Waals surface area contributed by atoms with E-state index in [-0.39, 0.29) is 0 Å². The standard InChI is InChI=1S/C8H6O.C3H4O2/c9-7-6-8-4-2-1-3-5-8;1-2-3(4)5/h1-6H;2H,1H2,(H,4,5). The number of carboxylic acids is 1. The van der Waals surface area contributed by atoms with Crippen molar-refractivity contribution in [2.45, 2.75) is 0 Å².